The molecule has 0 radical (unpaired) electrons. The van der Waals surface area contributed by atoms with Gasteiger partial charge in [-0.3, -0.25) is 4.79 Å². The summed E-state index contributed by atoms with van der Waals surface area (Å²) in [6.07, 6.45) is 3.55. The molecule has 0 amide bonds. The van der Waals surface area contributed by atoms with Crippen LogP contribution in [0.15, 0.2) is 30.3 Å². The Morgan fingerprint density at radius 2 is 2.21 bits per heavy atom. The maximum Gasteiger partial charge on any atom is 0.225 e. The normalized spacial score (nSPS) is 10.0. The van der Waals surface area contributed by atoms with E-state index >= 15 is 0 Å². The molecule has 0 N–H and O–H groups in total. The zero-order valence-corrected chi connectivity index (χ0v) is 8.16. The van der Waals surface area contributed by atoms with Crippen molar-refractivity contribution in [2.75, 3.05) is 0 Å². The second-order valence-electron chi connectivity index (χ2n) is 2.66. The van der Waals surface area contributed by atoms with E-state index in [4.69, 9.17) is 16.9 Å². The minimum atomic E-state index is -0.407. The van der Waals surface area contributed by atoms with Gasteiger partial charge >= 0.3 is 0 Å². The van der Waals surface area contributed by atoms with Crippen LogP contribution in [0.4, 0.5) is 0 Å². The predicted octanol–water partition coefficient (Wildman–Crippen LogP) is 2.73. The lowest BCUT2D eigenvalue weighted by molar-refractivity contribution is -0.110. The molecule has 0 aliphatic rings. The highest BCUT2D eigenvalue weighted by Crippen LogP contribution is 2.09. The molecule has 1 aromatic carbocycles. The van der Waals surface area contributed by atoms with Crippen LogP contribution in [-0.2, 0) is 4.79 Å². The molecule has 0 unspecified atom stereocenters. The van der Waals surface area contributed by atoms with Crippen LogP contribution >= 0.6 is 11.6 Å². The average Bonchev–Trinajstić information content (AvgIpc) is 2.18. The van der Waals surface area contributed by atoms with Gasteiger partial charge in [0.1, 0.15) is 0 Å². The number of allylic oxidation sites excluding steroid dienone is 1. The molecule has 14 heavy (non-hydrogen) atoms. The molecule has 0 saturated carbocycles. The van der Waals surface area contributed by atoms with Gasteiger partial charge in [0, 0.05) is 6.42 Å². The largest absolute Gasteiger partial charge is 0.281 e. The zero-order chi connectivity index (χ0) is 10.4. The Labute approximate surface area is 87.4 Å². The topological polar surface area (TPSA) is 40.9 Å². The maximum atomic E-state index is 10.4. The molecule has 1 rings (SSSR count). The minimum Gasteiger partial charge on any atom is -0.281 e. The lowest BCUT2D eigenvalue weighted by Gasteiger charge is -1.94. The highest BCUT2D eigenvalue weighted by atomic mass is 35.5. The smallest absolute Gasteiger partial charge is 0.225 e. The third-order valence-electron chi connectivity index (χ3n) is 1.66. The van der Waals surface area contributed by atoms with Crippen LogP contribution in [0.3, 0.4) is 0 Å². The third kappa shape index (κ3) is 3.04. The Morgan fingerprint density at radius 1 is 1.50 bits per heavy atom. The molecule has 0 spiro atoms. The number of carbonyl (C=O) groups is 1. The fourth-order valence-corrected chi connectivity index (χ4v) is 1.11. The lowest BCUT2D eigenvalue weighted by Crippen LogP contribution is -1.82. The van der Waals surface area contributed by atoms with E-state index in [1.165, 1.54) is 0 Å². The number of halogens is 1. The van der Waals surface area contributed by atoms with Gasteiger partial charge in [-0.2, -0.15) is 5.26 Å². The van der Waals surface area contributed by atoms with E-state index in [0.717, 1.165) is 5.56 Å². The van der Waals surface area contributed by atoms with Gasteiger partial charge in [0.15, 0.2) is 0 Å². The Hall–Kier alpha value is -1.59. The first-order valence-corrected chi connectivity index (χ1v) is 4.46. The number of hydrogen-bond acceptors (Lipinski definition) is 2. The number of hydrogen-bond donors (Lipinski definition) is 0. The van der Waals surface area contributed by atoms with Crippen LogP contribution < -0.4 is 0 Å². The van der Waals surface area contributed by atoms with E-state index in [9.17, 15) is 4.79 Å². The molecule has 0 fully saturated rings. The summed E-state index contributed by atoms with van der Waals surface area (Å²) in [5.74, 6) is 0. The van der Waals surface area contributed by atoms with Crippen molar-refractivity contribution < 1.29 is 4.79 Å². The van der Waals surface area contributed by atoms with Gasteiger partial charge in [0.2, 0.25) is 5.24 Å². The SMILES string of the molecule is N#Cc1ccccc1/C=C/CC(=O)Cl. The van der Waals surface area contributed by atoms with Gasteiger partial charge in [0.25, 0.3) is 0 Å². The van der Waals surface area contributed by atoms with Crippen LogP contribution in [0.25, 0.3) is 6.08 Å². The Kier molecular flexibility index (Phi) is 3.90. The van der Waals surface area contributed by atoms with E-state index in [0.29, 0.717) is 5.56 Å². The lowest BCUT2D eigenvalue weighted by atomic mass is 10.1. The van der Waals surface area contributed by atoms with Crippen molar-refractivity contribution >= 4 is 22.9 Å². The molecule has 0 aliphatic heterocycles. The summed E-state index contributed by atoms with van der Waals surface area (Å²) in [6, 6.07) is 9.23. The molecule has 3 heteroatoms. The molecular weight excluding hydrogens is 198 g/mol. The van der Waals surface area contributed by atoms with Gasteiger partial charge in [-0.05, 0) is 23.2 Å². The van der Waals surface area contributed by atoms with Crippen molar-refractivity contribution in [3.63, 3.8) is 0 Å². The van der Waals surface area contributed by atoms with Gasteiger partial charge in [0.05, 0.1) is 11.6 Å². The van der Waals surface area contributed by atoms with Crippen LogP contribution in [0, 0.1) is 11.3 Å². The zero-order valence-electron chi connectivity index (χ0n) is 7.40. The summed E-state index contributed by atoms with van der Waals surface area (Å²) in [6.45, 7) is 0. The molecular formula is C11H8ClNO. The van der Waals surface area contributed by atoms with Crippen LogP contribution in [0.1, 0.15) is 17.5 Å². The number of carbonyl (C=O) groups excluding carboxylic acids is 1. The first-order valence-electron chi connectivity index (χ1n) is 4.08. The molecule has 2 nitrogen and oxygen atoms in total. The number of rotatable bonds is 3. The molecule has 0 aliphatic carbocycles. The quantitative estimate of drug-likeness (QED) is 0.712. The maximum absolute atomic E-state index is 10.4. The Bertz CT molecular complexity index is 404. The second kappa shape index (κ2) is 5.21. The second-order valence-corrected chi connectivity index (χ2v) is 3.08. The molecule has 0 aromatic heterocycles. The average molecular weight is 206 g/mol. The summed E-state index contributed by atoms with van der Waals surface area (Å²) in [7, 11) is 0. The van der Waals surface area contributed by atoms with E-state index in [1.54, 1.807) is 24.3 Å². The summed E-state index contributed by atoms with van der Waals surface area (Å²) in [5, 5.41) is 8.34. The Balaban J connectivity index is 2.81. The van der Waals surface area contributed by atoms with Crippen molar-refractivity contribution in [1.82, 2.24) is 0 Å². The van der Waals surface area contributed by atoms with Gasteiger partial charge in [-0.25, -0.2) is 0 Å². The van der Waals surface area contributed by atoms with E-state index < -0.39 is 5.24 Å². The fourth-order valence-electron chi connectivity index (χ4n) is 1.02. The molecule has 70 valence electrons. The van der Waals surface area contributed by atoms with Crippen molar-refractivity contribution in [3.05, 3.63) is 41.5 Å². The molecule has 0 bridgehead atoms. The van der Waals surface area contributed by atoms with E-state index in [1.807, 2.05) is 12.1 Å². The van der Waals surface area contributed by atoms with Crippen molar-refractivity contribution in [1.29, 1.82) is 5.26 Å². The summed E-state index contributed by atoms with van der Waals surface area (Å²) in [4.78, 5) is 10.4. The van der Waals surface area contributed by atoms with Crippen LogP contribution in [0.2, 0.25) is 0 Å². The highest BCUT2D eigenvalue weighted by molar-refractivity contribution is 6.63. The third-order valence-corrected chi connectivity index (χ3v) is 1.81. The monoisotopic (exact) mass is 205 g/mol. The van der Waals surface area contributed by atoms with Crippen molar-refractivity contribution in [2.24, 2.45) is 0 Å². The van der Waals surface area contributed by atoms with Crippen LogP contribution in [-0.4, -0.2) is 5.24 Å². The van der Waals surface area contributed by atoms with Crippen LogP contribution in [0.5, 0.6) is 0 Å². The van der Waals surface area contributed by atoms with Gasteiger partial charge in [-0.15, -0.1) is 0 Å². The summed E-state index contributed by atoms with van der Waals surface area (Å²) < 4.78 is 0. The van der Waals surface area contributed by atoms with E-state index in [2.05, 4.69) is 6.07 Å². The Morgan fingerprint density at radius 3 is 2.86 bits per heavy atom. The number of benzene rings is 1. The fraction of sp³-hybridized carbons (Fsp3) is 0.0909. The van der Waals surface area contributed by atoms with E-state index in [-0.39, 0.29) is 6.42 Å². The first-order chi connectivity index (χ1) is 6.74. The molecule has 0 atom stereocenters. The highest BCUT2D eigenvalue weighted by Gasteiger charge is 1.95. The van der Waals surface area contributed by atoms with Crippen molar-refractivity contribution in [3.8, 4) is 6.07 Å². The predicted molar refractivity (Wildman–Crippen MR) is 55.7 cm³/mol. The van der Waals surface area contributed by atoms with Gasteiger partial charge < -0.3 is 0 Å². The standard InChI is InChI=1S/C11H8ClNO/c12-11(14)7-3-6-9-4-1-2-5-10(9)8-13/h1-6H,7H2/b6-3+. The van der Waals surface area contributed by atoms with Crippen molar-refractivity contribution in [2.45, 2.75) is 6.42 Å². The number of nitriles is 1. The first kappa shape index (κ1) is 10.5. The van der Waals surface area contributed by atoms with Gasteiger partial charge in [-0.1, -0.05) is 30.4 Å². The molecule has 0 saturated heterocycles. The molecule has 0 heterocycles. The summed E-state index contributed by atoms with van der Waals surface area (Å²) in [5.41, 5.74) is 1.39. The summed E-state index contributed by atoms with van der Waals surface area (Å²) >= 11 is 5.16. The number of nitrogens with zero attached hydrogens (tertiary/aromatic N) is 1. The molecule has 1 aromatic rings. The minimum absolute atomic E-state index is 0.182.